The summed E-state index contributed by atoms with van der Waals surface area (Å²) in [5, 5.41) is 12.5. The highest BCUT2D eigenvalue weighted by atomic mass is 32.2. The van der Waals surface area contributed by atoms with E-state index in [0.29, 0.717) is 12.3 Å². The molecule has 3 aromatic rings. The van der Waals surface area contributed by atoms with Crippen molar-refractivity contribution in [2.24, 2.45) is 0 Å². The lowest BCUT2D eigenvalue weighted by atomic mass is 10.2. The highest BCUT2D eigenvalue weighted by molar-refractivity contribution is 7.98. The largest absolute Gasteiger partial charge is 0.497 e. The predicted molar refractivity (Wildman–Crippen MR) is 85.9 cm³/mol. The minimum Gasteiger partial charge on any atom is -0.497 e. The summed E-state index contributed by atoms with van der Waals surface area (Å²) in [6.45, 7) is 0.586. The molecule has 0 aliphatic rings. The van der Waals surface area contributed by atoms with Crippen molar-refractivity contribution >= 4 is 11.8 Å². The van der Waals surface area contributed by atoms with Crippen molar-refractivity contribution in [1.82, 2.24) is 20.2 Å². The highest BCUT2D eigenvalue weighted by Gasteiger charge is 2.08. The molecule has 0 aliphatic carbocycles. The molecule has 0 atom stereocenters. The Hall–Kier alpha value is -2.41. The molecule has 0 aliphatic heterocycles. The van der Waals surface area contributed by atoms with Crippen molar-refractivity contribution in [1.29, 1.82) is 0 Å². The van der Waals surface area contributed by atoms with E-state index in [-0.39, 0.29) is 5.82 Å². The van der Waals surface area contributed by atoms with Crippen LogP contribution in [0.2, 0.25) is 0 Å². The second-order valence-corrected chi connectivity index (χ2v) is 5.82. The third kappa shape index (κ3) is 4.07. The third-order valence-corrected chi connectivity index (χ3v) is 4.30. The van der Waals surface area contributed by atoms with Crippen molar-refractivity contribution in [2.75, 3.05) is 7.11 Å². The quantitative estimate of drug-likeness (QED) is 0.650. The molecule has 7 heteroatoms. The van der Waals surface area contributed by atoms with Gasteiger partial charge in [0, 0.05) is 5.75 Å². The lowest BCUT2D eigenvalue weighted by molar-refractivity contribution is 0.414. The molecule has 0 amide bonds. The van der Waals surface area contributed by atoms with E-state index in [2.05, 4.69) is 15.5 Å². The Morgan fingerprint density at radius 3 is 2.43 bits per heavy atom. The molecule has 1 heterocycles. The first-order valence-electron chi connectivity index (χ1n) is 7.01. The van der Waals surface area contributed by atoms with Crippen LogP contribution in [0.5, 0.6) is 5.75 Å². The smallest absolute Gasteiger partial charge is 0.209 e. The summed E-state index contributed by atoms with van der Waals surface area (Å²) in [7, 11) is 1.64. The summed E-state index contributed by atoms with van der Waals surface area (Å²) in [4.78, 5) is 0. The van der Waals surface area contributed by atoms with Crippen LogP contribution in [0.3, 0.4) is 0 Å². The van der Waals surface area contributed by atoms with Gasteiger partial charge in [0.15, 0.2) is 0 Å². The van der Waals surface area contributed by atoms with Crippen LogP contribution in [0.15, 0.2) is 53.7 Å². The fraction of sp³-hybridized carbons (Fsp3) is 0.188. The van der Waals surface area contributed by atoms with Crippen molar-refractivity contribution in [3.8, 4) is 5.75 Å². The topological polar surface area (TPSA) is 52.8 Å². The first kappa shape index (κ1) is 15.5. The summed E-state index contributed by atoms with van der Waals surface area (Å²) >= 11 is 1.52. The van der Waals surface area contributed by atoms with Crippen molar-refractivity contribution in [2.45, 2.75) is 17.5 Å². The second kappa shape index (κ2) is 7.23. The number of ether oxygens (including phenoxy) is 1. The van der Waals surface area contributed by atoms with E-state index >= 15 is 0 Å². The lowest BCUT2D eigenvalue weighted by Gasteiger charge is -2.06. The molecule has 3 rings (SSSR count). The van der Waals surface area contributed by atoms with Crippen molar-refractivity contribution in [3.05, 3.63) is 65.5 Å². The van der Waals surface area contributed by atoms with Gasteiger partial charge in [-0.05, 0) is 45.8 Å². The normalized spacial score (nSPS) is 10.7. The second-order valence-electron chi connectivity index (χ2n) is 4.88. The van der Waals surface area contributed by atoms with Gasteiger partial charge in [-0.1, -0.05) is 36.0 Å². The number of thioether (sulfide) groups is 1. The molecule has 118 valence electrons. The molecule has 5 nitrogen and oxygen atoms in total. The molecule has 0 spiro atoms. The number of tetrazole rings is 1. The Kier molecular flexibility index (Phi) is 4.87. The number of rotatable bonds is 6. The number of benzene rings is 2. The van der Waals surface area contributed by atoms with E-state index in [1.54, 1.807) is 23.9 Å². The van der Waals surface area contributed by atoms with Gasteiger partial charge in [-0.2, -0.15) is 0 Å². The third-order valence-electron chi connectivity index (χ3n) is 3.27. The molecule has 0 bridgehead atoms. The predicted octanol–water partition coefficient (Wildman–Crippen LogP) is 3.16. The van der Waals surface area contributed by atoms with E-state index in [0.717, 1.165) is 22.0 Å². The molecule has 0 N–H and O–H groups in total. The summed E-state index contributed by atoms with van der Waals surface area (Å²) in [6, 6.07) is 14.2. The molecule has 0 saturated heterocycles. The Bertz CT molecular complexity index is 759. The minimum atomic E-state index is -0.233. The van der Waals surface area contributed by atoms with E-state index < -0.39 is 0 Å². The Morgan fingerprint density at radius 1 is 1.04 bits per heavy atom. The molecule has 23 heavy (non-hydrogen) atoms. The SMILES string of the molecule is COc1ccc(Cn2nnnc2SCc2ccc(F)cc2)cc1. The van der Waals surface area contributed by atoms with Gasteiger partial charge in [-0.25, -0.2) is 9.07 Å². The maximum Gasteiger partial charge on any atom is 0.209 e. The molecule has 0 unspecified atom stereocenters. The molecule has 2 aromatic carbocycles. The highest BCUT2D eigenvalue weighted by Crippen LogP contribution is 2.21. The van der Waals surface area contributed by atoms with E-state index in [1.165, 1.54) is 23.9 Å². The van der Waals surface area contributed by atoms with Gasteiger partial charge in [-0.15, -0.1) is 5.10 Å². The summed E-state index contributed by atoms with van der Waals surface area (Å²) < 4.78 is 19.8. The summed E-state index contributed by atoms with van der Waals surface area (Å²) in [6.07, 6.45) is 0. The molecule has 0 saturated carbocycles. The molecule has 1 aromatic heterocycles. The Balaban J connectivity index is 1.65. The maximum atomic E-state index is 12.9. The zero-order valence-corrected chi connectivity index (χ0v) is 13.3. The standard InChI is InChI=1S/C16H15FN4OS/c1-22-15-8-4-12(5-9-15)10-21-16(18-19-20-21)23-11-13-2-6-14(17)7-3-13/h2-9H,10-11H2,1H3. The summed E-state index contributed by atoms with van der Waals surface area (Å²) in [5.41, 5.74) is 2.11. The minimum absolute atomic E-state index is 0.233. The van der Waals surface area contributed by atoms with Crippen LogP contribution in [0.4, 0.5) is 4.39 Å². The van der Waals surface area contributed by atoms with Gasteiger partial charge in [0.1, 0.15) is 11.6 Å². The number of aromatic nitrogens is 4. The van der Waals surface area contributed by atoms with Crippen molar-refractivity contribution < 1.29 is 9.13 Å². The maximum absolute atomic E-state index is 12.9. The summed E-state index contributed by atoms with van der Waals surface area (Å²) in [5.74, 6) is 1.27. The number of methoxy groups -OCH3 is 1. The molecule has 0 fully saturated rings. The van der Waals surface area contributed by atoms with Crippen LogP contribution < -0.4 is 4.74 Å². The molecular weight excluding hydrogens is 315 g/mol. The van der Waals surface area contributed by atoms with Crippen LogP contribution in [0, 0.1) is 5.82 Å². The van der Waals surface area contributed by atoms with Gasteiger partial charge in [0.2, 0.25) is 5.16 Å². The Labute approximate surface area is 137 Å². The van der Waals surface area contributed by atoms with Crippen molar-refractivity contribution in [3.63, 3.8) is 0 Å². The Morgan fingerprint density at radius 2 is 1.74 bits per heavy atom. The van der Waals surface area contributed by atoms with Gasteiger partial charge in [0.05, 0.1) is 13.7 Å². The zero-order valence-electron chi connectivity index (χ0n) is 12.5. The fourth-order valence-electron chi connectivity index (χ4n) is 2.03. The van der Waals surface area contributed by atoms with E-state index in [4.69, 9.17) is 4.74 Å². The van der Waals surface area contributed by atoms with Gasteiger partial charge < -0.3 is 4.74 Å². The number of hydrogen-bond donors (Lipinski definition) is 0. The van der Waals surface area contributed by atoms with Crippen LogP contribution in [0.1, 0.15) is 11.1 Å². The molecule has 0 radical (unpaired) electrons. The van der Waals surface area contributed by atoms with Crippen LogP contribution in [-0.4, -0.2) is 27.3 Å². The number of halogens is 1. The van der Waals surface area contributed by atoms with Crippen LogP contribution in [0.25, 0.3) is 0 Å². The monoisotopic (exact) mass is 330 g/mol. The average Bonchev–Trinajstić information content (AvgIpc) is 3.02. The average molecular weight is 330 g/mol. The first-order chi connectivity index (χ1) is 11.2. The van der Waals surface area contributed by atoms with Crippen LogP contribution >= 0.6 is 11.8 Å². The van der Waals surface area contributed by atoms with E-state index in [9.17, 15) is 4.39 Å². The number of hydrogen-bond acceptors (Lipinski definition) is 5. The fourth-order valence-corrected chi connectivity index (χ4v) is 2.86. The number of nitrogens with zero attached hydrogens (tertiary/aromatic N) is 4. The van der Waals surface area contributed by atoms with E-state index in [1.807, 2.05) is 24.3 Å². The first-order valence-corrected chi connectivity index (χ1v) is 7.99. The molecular formula is C16H15FN4OS. The van der Waals surface area contributed by atoms with Gasteiger partial charge in [0.25, 0.3) is 0 Å². The zero-order chi connectivity index (χ0) is 16.1. The van der Waals surface area contributed by atoms with Gasteiger partial charge in [-0.3, -0.25) is 0 Å². The van der Waals surface area contributed by atoms with Crippen LogP contribution in [-0.2, 0) is 12.3 Å². The van der Waals surface area contributed by atoms with Gasteiger partial charge >= 0.3 is 0 Å². The lowest BCUT2D eigenvalue weighted by Crippen LogP contribution is -2.04.